The summed E-state index contributed by atoms with van der Waals surface area (Å²) in [4.78, 5) is 4.90. The van der Waals surface area contributed by atoms with Gasteiger partial charge in [0.15, 0.2) is 5.58 Å². The molecule has 2 atom stereocenters. The van der Waals surface area contributed by atoms with Crippen molar-refractivity contribution in [2.45, 2.75) is 51.6 Å². The highest BCUT2D eigenvalue weighted by atomic mass is 16.5. The van der Waals surface area contributed by atoms with Crippen LogP contribution in [0.1, 0.15) is 49.7 Å². The number of allylic oxidation sites excluding steroid dienone is 2. The second kappa shape index (κ2) is 14.8. The van der Waals surface area contributed by atoms with Crippen LogP contribution in [-0.4, -0.2) is 14.9 Å². The second-order valence-electron chi connectivity index (χ2n) is 20.9. The molecule has 5 aromatic heterocycles. The minimum absolute atomic E-state index is 0.00408. The van der Waals surface area contributed by atoms with E-state index in [0.29, 0.717) is 0 Å². The van der Waals surface area contributed by atoms with Gasteiger partial charge in [0.2, 0.25) is 0 Å². The molecule has 0 N–H and O–H groups in total. The van der Waals surface area contributed by atoms with E-state index in [-0.39, 0.29) is 12.0 Å². The minimum atomic E-state index is -0.00408. The molecular weight excluding hydrogens is 905 g/mol. The molecule has 17 rings (SSSR count). The van der Waals surface area contributed by atoms with E-state index in [2.05, 4.69) is 227 Å². The molecule has 1 aliphatic heterocycles. The van der Waals surface area contributed by atoms with Crippen molar-refractivity contribution in [3.63, 3.8) is 0 Å². The molecule has 13 aromatic rings. The Morgan fingerprint density at radius 1 is 0.486 bits per heavy atom. The van der Waals surface area contributed by atoms with Gasteiger partial charge in [0.05, 0.1) is 44.8 Å². The van der Waals surface area contributed by atoms with Gasteiger partial charge in [0.25, 0.3) is 0 Å². The number of ether oxygens (including phenoxy) is 1. The van der Waals surface area contributed by atoms with Crippen LogP contribution in [0.25, 0.3) is 101 Å². The number of para-hydroxylation sites is 5. The topological polar surface area (TPSA) is 37.7 Å². The van der Waals surface area contributed by atoms with Gasteiger partial charge < -0.3 is 27.8 Å². The van der Waals surface area contributed by atoms with Gasteiger partial charge in [0.1, 0.15) is 17.4 Å². The Bertz CT molecular complexity index is 4920. The third-order valence-corrected chi connectivity index (χ3v) is 17.0. The summed E-state index contributed by atoms with van der Waals surface area (Å²) in [5, 5.41) is 15.1. The molecule has 0 amide bonds. The van der Waals surface area contributed by atoms with Crippen molar-refractivity contribution in [1.29, 1.82) is 0 Å². The number of fused-ring (bicyclic) bond motifs is 18. The summed E-state index contributed by atoms with van der Waals surface area (Å²) in [6.45, 7) is 4.33. The van der Waals surface area contributed by atoms with E-state index in [0.717, 1.165) is 93.1 Å². The summed E-state index contributed by atoms with van der Waals surface area (Å²) in [6, 6.07) is 56.1. The number of rotatable bonds is 6. The number of furan rings is 1. The molecule has 0 fully saturated rings. The molecule has 0 spiro atoms. The number of anilines is 6. The summed E-state index contributed by atoms with van der Waals surface area (Å²) in [7, 11) is 0. The highest BCUT2D eigenvalue weighted by Crippen LogP contribution is 2.53. The van der Waals surface area contributed by atoms with Gasteiger partial charge in [0, 0.05) is 87.1 Å². The molecule has 6 heteroatoms. The zero-order valence-corrected chi connectivity index (χ0v) is 41.1. The number of aryl methyl sites for hydroxylation is 1. The van der Waals surface area contributed by atoms with Crippen LogP contribution in [0, 0.1) is 6.92 Å². The summed E-state index contributed by atoms with van der Waals surface area (Å²) >= 11 is 0. The number of hydrogen-bond donors (Lipinski definition) is 0. The van der Waals surface area contributed by atoms with Crippen LogP contribution in [0.15, 0.2) is 180 Å². The molecule has 3 aliphatic carbocycles. The fourth-order valence-corrected chi connectivity index (χ4v) is 13.9. The summed E-state index contributed by atoms with van der Waals surface area (Å²) < 4.78 is 19.1. The lowest BCUT2D eigenvalue weighted by Crippen LogP contribution is -2.28. The lowest BCUT2D eigenvalue weighted by molar-refractivity contribution is 0.256. The van der Waals surface area contributed by atoms with Crippen molar-refractivity contribution in [2.24, 2.45) is 0 Å². The third-order valence-electron chi connectivity index (χ3n) is 17.0. The summed E-state index contributed by atoms with van der Waals surface area (Å²) in [5.41, 5.74) is 17.1. The Morgan fingerprint density at radius 2 is 1.04 bits per heavy atom. The lowest BCUT2D eigenvalue weighted by Gasteiger charge is -2.28. The lowest BCUT2D eigenvalue weighted by atomic mass is 9.88. The van der Waals surface area contributed by atoms with Crippen molar-refractivity contribution >= 4 is 135 Å². The van der Waals surface area contributed by atoms with Crippen LogP contribution in [0.3, 0.4) is 0 Å². The van der Waals surface area contributed by atoms with Crippen molar-refractivity contribution < 1.29 is 9.15 Å². The first-order chi connectivity index (χ1) is 36.6. The number of aromatic nitrogens is 2. The largest absolute Gasteiger partial charge is 0.483 e. The molecule has 2 unspecified atom stereocenters. The Hall–Kier alpha value is -9.00. The van der Waals surface area contributed by atoms with Gasteiger partial charge in [-0.25, -0.2) is 0 Å². The zero-order chi connectivity index (χ0) is 48.5. The van der Waals surface area contributed by atoms with E-state index in [1.54, 1.807) is 0 Å². The normalized spacial score (nSPS) is 16.9. The Balaban J connectivity index is 0.931. The molecule has 352 valence electrons. The van der Waals surface area contributed by atoms with Crippen LogP contribution in [0.5, 0.6) is 5.75 Å². The first kappa shape index (κ1) is 40.6. The summed E-state index contributed by atoms with van der Waals surface area (Å²) in [5.74, 6) is 1.15. The Morgan fingerprint density at radius 3 is 1.68 bits per heavy atom. The van der Waals surface area contributed by atoms with Crippen LogP contribution >= 0.6 is 0 Å². The van der Waals surface area contributed by atoms with Crippen molar-refractivity contribution in [2.75, 3.05) is 9.80 Å². The molecule has 4 aliphatic rings. The van der Waals surface area contributed by atoms with Crippen LogP contribution in [-0.2, 0) is 0 Å². The van der Waals surface area contributed by atoms with E-state index in [1.807, 2.05) is 0 Å². The first-order valence-electron chi connectivity index (χ1n) is 26.3. The van der Waals surface area contributed by atoms with Crippen molar-refractivity contribution in [1.82, 2.24) is 8.80 Å². The Kier molecular flexibility index (Phi) is 8.12. The molecule has 0 bridgehead atoms. The summed E-state index contributed by atoms with van der Waals surface area (Å²) in [6.07, 6.45) is 20.6. The average Bonchev–Trinajstić information content (AvgIpc) is 4.42. The van der Waals surface area contributed by atoms with E-state index in [4.69, 9.17) is 9.15 Å². The highest BCUT2D eigenvalue weighted by molar-refractivity contribution is 6.25. The highest BCUT2D eigenvalue weighted by Gasteiger charge is 2.38. The van der Waals surface area contributed by atoms with E-state index in [9.17, 15) is 0 Å². The molecule has 6 nitrogen and oxygen atoms in total. The maximum absolute atomic E-state index is 7.03. The quantitative estimate of drug-likeness (QED) is 0.166. The molecule has 0 saturated heterocycles. The molecule has 0 saturated carbocycles. The number of nitrogens with zero attached hydrogens (tertiary/aromatic N) is 4. The standard InChI is InChI=1S/C68H48N4O2/c1-39-17-13-25-45-47-27-15-31-57(67(47)73-65(39)45)69(41-19-5-3-6-20-41)55-35-33-43-51-37-60-52(38-59(51)71-53-29-11-9-23-49(53)61(55)63(43)71)44-34-36-56(62-50-24-10-12-30-54(50)72(60)64(44)62)70(42-21-7-4-8-22-42)58-32-16-28-48-46-26-14-18-40(2)66(46)74-68(48)58/h3-8,13-38,45,65H,9-12H2,1-2H3. The Labute approximate surface area is 425 Å². The fraction of sp³-hybridized carbons (Fsp3) is 0.118. The number of hydrogen-bond acceptors (Lipinski definition) is 4. The van der Waals surface area contributed by atoms with Crippen LogP contribution < -0.4 is 35.7 Å². The van der Waals surface area contributed by atoms with Crippen molar-refractivity contribution in [3.05, 3.63) is 208 Å². The van der Waals surface area contributed by atoms with E-state index in [1.165, 1.54) is 86.7 Å². The molecule has 8 aromatic carbocycles. The average molecular weight is 953 g/mol. The smallest absolute Gasteiger partial charge is 0.159 e. The van der Waals surface area contributed by atoms with Gasteiger partial charge in [-0.2, -0.15) is 0 Å². The van der Waals surface area contributed by atoms with Crippen molar-refractivity contribution in [3.8, 4) is 5.75 Å². The molecule has 0 radical (unpaired) electrons. The fourth-order valence-electron chi connectivity index (χ4n) is 13.9. The maximum Gasteiger partial charge on any atom is 0.159 e. The maximum atomic E-state index is 7.03. The van der Waals surface area contributed by atoms with Gasteiger partial charge in [-0.1, -0.05) is 134 Å². The van der Waals surface area contributed by atoms with E-state index < -0.39 is 0 Å². The molecule has 6 heterocycles. The van der Waals surface area contributed by atoms with Gasteiger partial charge in [-0.15, -0.1) is 0 Å². The molecular formula is C68H48N4O2. The predicted molar refractivity (Wildman–Crippen MR) is 307 cm³/mol. The minimum Gasteiger partial charge on any atom is -0.483 e. The van der Waals surface area contributed by atoms with Gasteiger partial charge >= 0.3 is 0 Å². The van der Waals surface area contributed by atoms with Crippen LogP contribution in [0.2, 0.25) is 0 Å². The zero-order valence-electron chi connectivity index (χ0n) is 41.1. The van der Waals surface area contributed by atoms with Crippen LogP contribution in [0.4, 0.5) is 34.1 Å². The first-order valence-corrected chi connectivity index (χ1v) is 26.3. The number of benzene rings is 8. The molecule has 74 heavy (non-hydrogen) atoms. The van der Waals surface area contributed by atoms with Gasteiger partial charge in [-0.05, 0) is 111 Å². The van der Waals surface area contributed by atoms with E-state index >= 15 is 0 Å². The second-order valence-corrected chi connectivity index (χ2v) is 20.9. The van der Waals surface area contributed by atoms with Gasteiger partial charge in [-0.3, -0.25) is 0 Å². The third kappa shape index (κ3) is 5.24. The SMILES string of the molecule is CC1=CC=CC2c3cccc(N(c4ccccc4)c4ccc5c6cc7c(cc6n6c8c(c4c56)=CCCC=8)c4ccc(N(c5ccccc5)c5cccc6c5oc5c(C)cccc56)c5c6c(n7c54)=CCCC=6)c3OC12. The monoisotopic (exact) mass is 952 g/mol. The predicted octanol–water partition coefficient (Wildman–Crippen LogP) is 14.9.